The minimum atomic E-state index is -0.671. The highest BCUT2D eigenvalue weighted by molar-refractivity contribution is 5.71. The number of methoxy groups -OCH3 is 1. The van der Waals surface area contributed by atoms with Gasteiger partial charge < -0.3 is 9.84 Å². The molecule has 0 radical (unpaired) electrons. The standard InChI is InChI=1S/C21H40O4/c1-19(21(24)25-2)17-15-13-11-9-7-5-3-4-6-8-10-12-14-16-18-20(22)23/h19H,3-18H2,1-2H3,(H,22,23). The van der Waals surface area contributed by atoms with Crippen LogP contribution in [0.25, 0.3) is 0 Å². The maximum Gasteiger partial charge on any atom is 0.308 e. The maximum atomic E-state index is 11.3. The van der Waals surface area contributed by atoms with Crippen molar-refractivity contribution in [2.24, 2.45) is 5.92 Å². The van der Waals surface area contributed by atoms with Gasteiger partial charge in [0, 0.05) is 6.42 Å². The summed E-state index contributed by atoms with van der Waals surface area (Å²) in [5.74, 6) is -0.710. The highest BCUT2D eigenvalue weighted by atomic mass is 16.5. The summed E-state index contributed by atoms with van der Waals surface area (Å²) in [6.45, 7) is 1.95. The molecule has 1 atom stereocenters. The van der Waals surface area contributed by atoms with E-state index in [1.54, 1.807) is 0 Å². The summed E-state index contributed by atoms with van der Waals surface area (Å²) in [5, 5.41) is 8.55. The normalized spacial score (nSPS) is 12.1. The Hall–Kier alpha value is -1.06. The molecule has 0 rings (SSSR count). The minimum Gasteiger partial charge on any atom is -0.481 e. The number of carboxylic acid groups (broad SMARTS) is 1. The minimum absolute atomic E-state index is 0.0437. The van der Waals surface area contributed by atoms with Crippen molar-refractivity contribution in [3.63, 3.8) is 0 Å². The summed E-state index contributed by atoms with van der Waals surface area (Å²) in [6, 6.07) is 0. The van der Waals surface area contributed by atoms with Gasteiger partial charge in [-0.1, -0.05) is 90.4 Å². The van der Waals surface area contributed by atoms with Gasteiger partial charge in [-0.15, -0.1) is 0 Å². The van der Waals surface area contributed by atoms with Gasteiger partial charge in [-0.3, -0.25) is 9.59 Å². The quantitative estimate of drug-likeness (QED) is 0.237. The third-order valence-electron chi connectivity index (χ3n) is 4.88. The molecule has 148 valence electrons. The van der Waals surface area contributed by atoms with Crippen LogP contribution in [0, 0.1) is 5.92 Å². The largest absolute Gasteiger partial charge is 0.481 e. The fraction of sp³-hybridized carbons (Fsp3) is 0.905. The molecular formula is C21H40O4. The Labute approximate surface area is 154 Å². The Morgan fingerprint density at radius 2 is 1.08 bits per heavy atom. The zero-order valence-electron chi connectivity index (χ0n) is 16.6. The van der Waals surface area contributed by atoms with Crippen molar-refractivity contribution in [2.45, 2.75) is 110 Å². The van der Waals surface area contributed by atoms with Crippen LogP contribution in [0.2, 0.25) is 0 Å². The van der Waals surface area contributed by atoms with Crippen LogP contribution in [0.3, 0.4) is 0 Å². The van der Waals surface area contributed by atoms with E-state index in [4.69, 9.17) is 9.84 Å². The van der Waals surface area contributed by atoms with Crippen molar-refractivity contribution in [2.75, 3.05) is 7.11 Å². The van der Waals surface area contributed by atoms with E-state index in [1.165, 1.54) is 77.7 Å². The molecular weight excluding hydrogens is 316 g/mol. The second-order valence-electron chi connectivity index (χ2n) is 7.31. The van der Waals surface area contributed by atoms with E-state index in [0.717, 1.165) is 25.7 Å². The van der Waals surface area contributed by atoms with E-state index in [-0.39, 0.29) is 11.9 Å². The number of rotatable bonds is 18. The van der Waals surface area contributed by atoms with Crippen molar-refractivity contribution in [3.05, 3.63) is 0 Å². The van der Waals surface area contributed by atoms with Crippen LogP contribution in [0.4, 0.5) is 0 Å². The number of unbranched alkanes of at least 4 members (excludes halogenated alkanes) is 13. The summed E-state index contributed by atoms with van der Waals surface area (Å²) in [7, 11) is 1.46. The molecule has 0 amide bonds. The van der Waals surface area contributed by atoms with E-state index in [0.29, 0.717) is 6.42 Å². The van der Waals surface area contributed by atoms with Crippen molar-refractivity contribution in [3.8, 4) is 0 Å². The van der Waals surface area contributed by atoms with E-state index in [2.05, 4.69) is 0 Å². The highest BCUT2D eigenvalue weighted by Gasteiger charge is 2.11. The van der Waals surface area contributed by atoms with Crippen LogP contribution < -0.4 is 0 Å². The van der Waals surface area contributed by atoms with Gasteiger partial charge in [0.15, 0.2) is 0 Å². The van der Waals surface area contributed by atoms with E-state index in [9.17, 15) is 9.59 Å². The number of aliphatic carboxylic acids is 1. The van der Waals surface area contributed by atoms with Gasteiger partial charge in [0.1, 0.15) is 0 Å². The Balaban J connectivity index is 3.12. The highest BCUT2D eigenvalue weighted by Crippen LogP contribution is 2.15. The Bertz CT molecular complexity index is 328. The lowest BCUT2D eigenvalue weighted by Crippen LogP contribution is -2.12. The lowest BCUT2D eigenvalue weighted by Gasteiger charge is -2.08. The van der Waals surface area contributed by atoms with Crippen LogP contribution in [-0.2, 0) is 14.3 Å². The molecule has 0 saturated carbocycles. The molecule has 0 aromatic heterocycles. The van der Waals surface area contributed by atoms with Crippen molar-refractivity contribution >= 4 is 11.9 Å². The molecule has 0 spiro atoms. The first kappa shape index (κ1) is 23.9. The second-order valence-corrected chi connectivity index (χ2v) is 7.31. The first-order chi connectivity index (χ1) is 12.1. The second kappa shape index (κ2) is 17.8. The van der Waals surface area contributed by atoms with Gasteiger partial charge in [-0.05, 0) is 12.8 Å². The number of carbonyl (C=O) groups is 2. The predicted octanol–water partition coefficient (Wildman–Crippen LogP) is 6.12. The lowest BCUT2D eigenvalue weighted by atomic mass is 10.0. The number of esters is 1. The van der Waals surface area contributed by atoms with Crippen molar-refractivity contribution in [1.29, 1.82) is 0 Å². The Morgan fingerprint density at radius 3 is 1.44 bits per heavy atom. The van der Waals surface area contributed by atoms with E-state index < -0.39 is 5.97 Å². The fourth-order valence-electron chi connectivity index (χ4n) is 3.17. The van der Waals surface area contributed by atoms with Gasteiger partial charge >= 0.3 is 11.9 Å². The molecule has 0 heterocycles. The van der Waals surface area contributed by atoms with Crippen LogP contribution in [0.1, 0.15) is 110 Å². The van der Waals surface area contributed by atoms with E-state index >= 15 is 0 Å². The van der Waals surface area contributed by atoms with Crippen LogP contribution in [-0.4, -0.2) is 24.2 Å². The average Bonchev–Trinajstić information content (AvgIpc) is 2.60. The molecule has 0 aliphatic rings. The Kier molecular flexibility index (Phi) is 17.0. The summed E-state index contributed by atoms with van der Waals surface area (Å²) in [5.41, 5.74) is 0. The number of ether oxygens (including phenoxy) is 1. The molecule has 4 heteroatoms. The first-order valence-corrected chi connectivity index (χ1v) is 10.4. The summed E-state index contributed by atoms with van der Waals surface area (Å²) >= 11 is 0. The van der Waals surface area contributed by atoms with Gasteiger partial charge in [-0.2, -0.15) is 0 Å². The maximum absolute atomic E-state index is 11.3. The molecule has 25 heavy (non-hydrogen) atoms. The van der Waals surface area contributed by atoms with Crippen molar-refractivity contribution in [1.82, 2.24) is 0 Å². The third kappa shape index (κ3) is 17.6. The molecule has 0 aliphatic carbocycles. The Morgan fingerprint density at radius 1 is 0.720 bits per heavy atom. The molecule has 0 aromatic carbocycles. The average molecular weight is 357 g/mol. The van der Waals surface area contributed by atoms with E-state index in [1.807, 2.05) is 6.92 Å². The monoisotopic (exact) mass is 356 g/mol. The molecule has 1 N–H and O–H groups in total. The smallest absolute Gasteiger partial charge is 0.308 e. The predicted molar refractivity (Wildman–Crippen MR) is 103 cm³/mol. The zero-order valence-corrected chi connectivity index (χ0v) is 16.6. The summed E-state index contributed by atoms with van der Waals surface area (Å²) < 4.78 is 4.74. The first-order valence-electron chi connectivity index (χ1n) is 10.4. The van der Waals surface area contributed by atoms with Gasteiger partial charge in [-0.25, -0.2) is 0 Å². The zero-order chi connectivity index (χ0) is 18.8. The third-order valence-corrected chi connectivity index (χ3v) is 4.88. The number of carbonyl (C=O) groups excluding carboxylic acids is 1. The molecule has 4 nitrogen and oxygen atoms in total. The summed E-state index contributed by atoms with van der Waals surface area (Å²) in [4.78, 5) is 21.7. The number of hydrogen-bond donors (Lipinski definition) is 1. The fourth-order valence-corrected chi connectivity index (χ4v) is 3.17. The molecule has 1 unspecified atom stereocenters. The number of carboxylic acids is 1. The molecule has 0 bridgehead atoms. The van der Waals surface area contributed by atoms with Crippen molar-refractivity contribution < 1.29 is 19.4 Å². The number of hydrogen-bond acceptors (Lipinski definition) is 3. The van der Waals surface area contributed by atoms with Crippen LogP contribution in [0.15, 0.2) is 0 Å². The SMILES string of the molecule is COC(=O)C(C)CCCCCCCCCCCCCCCCC(=O)O. The van der Waals surface area contributed by atoms with Crippen LogP contribution >= 0.6 is 0 Å². The molecule has 0 aromatic rings. The van der Waals surface area contributed by atoms with Gasteiger partial charge in [0.2, 0.25) is 0 Å². The molecule has 0 aliphatic heterocycles. The topological polar surface area (TPSA) is 63.6 Å². The summed E-state index contributed by atoms with van der Waals surface area (Å²) in [6.07, 6.45) is 18.5. The molecule has 0 saturated heterocycles. The lowest BCUT2D eigenvalue weighted by molar-refractivity contribution is -0.145. The van der Waals surface area contributed by atoms with Gasteiger partial charge in [0.25, 0.3) is 0 Å². The molecule has 0 fully saturated rings. The van der Waals surface area contributed by atoms with Crippen LogP contribution in [0.5, 0.6) is 0 Å². The van der Waals surface area contributed by atoms with Gasteiger partial charge in [0.05, 0.1) is 13.0 Å².